The van der Waals surface area contributed by atoms with E-state index in [1.165, 1.54) is 28.2 Å². The van der Waals surface area contributed by atoms with E-state index in [0.29, 0.717) is 37.9 Å². The maximum atomic E-state index is 13.3. The molecule has 18 heteroatoms. The second kappa shape index (κ2) is 24.6. The molecule has 2 N–H and O–H groups in total. The van der Waals surface area contributed by atoms with E-state index in [4.69, 9.17) is 18.8 Å². The van der Waals surface area contributed by atoms with Crippen molar-refractivity contribution in [1.82, 2.24) is 14.0 Å². The smallest absolute Gasteiger partial charge is 0.465 e. The lowest BCUT2D eigenvalue weighted by Gasteiger charge is -2.45. The van der Waals surface area contributed by atoms with Crippen LogP contribution >= 0.6 is 47.8 Å². The van der Waals surface area contributed by atoms with Gasteiger partial charge in [0, 0.05) is 52.9 Å². The molecule has 2 saturated heterocycles. The number of hydrogen-bond acceptors (Lipinski definition) is 11. The van der Waals surface area contributed by atoms with E-state index in [-0.39, 0.29) is 35.6 Å². The number of carbonyl (C=O) groups excluding carboxylic acids is 3. The first kappa shape index (κ1) is 57.4. The average Bonchev–Trinajstić information content (AvgIpc) is 3.46. The summed E-state index contributed by atoms with van der Waals surface area (Å²) in [5.41, 5.74) is -0.941. The van der Waals surface area contributed by atoms with Crippen LogP contribution in [-0.2, 0) is 47.1 Å². The number of carbonyl (C=O) groups is 3. The fourth-order valence-electron chi connectivity index (χ4n) is 7.00. The van der Waals surface area contributed by atoms with E-state index in [1.54, 1.807) is 64.0 Å². The number of pyridine rings is 2. The number of rotatable bonds is 12. The van der Waals surface area contributed by atoms with Gasteiger partial charge in [-0.15, -0.1) is 0 Å². The first-order chi connectivity index (χ1) is 31.0. The fraction of sp³-hybridized carbons (Fsp3) is 0.490. The highest BCUT2D eigenvalue weighted by Crippen LogP contribution is 2.42. The normalized spacial score (nSPS) is 17.9. The third-order valence-electron chi connectivity index (χ3n) is 10.9. The zero-order valence-corrected chi connectivity index (χ0v) is 45.1. The maximum absolute atomic E-state index is 13.3. The summed E-state index contributed by atoms with van der Waals surface area (Å²) in [6.45, 7) is 21.4. The predicted octanol–water partition coefficient (Wildman–Crippen LogP) is 8.47. The summed E-state index contributed by atoms with van der Waals surface area (Å²) in [5.74, 6) is -0.238. The molecule has 366 valence electrons. The summed E-state index contributed by atoms with van der Waals surface area (Å²) in [6, 6.07) is 23.8. The van der Waals surface area contributed by atoms with E-state index in [0.717, 1.165) is 25.5 Å². The molecular weight excluding hydrogens is 1060 g/mol. The van der Waals surface area contributed by atoms with Gasteiger partial charge in [-0.2, -0.15) is 0 Å². The molecule has 2 fully saturated rings. The van der Waals surface area contributed by atoms with Gasteiger partial charge < -0.3 is 43.0 Å². The number of amides is 1. The number of aliphatic hydroxyl groups is 2. The van der Waals surface area contributed by atoms with Crippen LogP contribution in [0.5, 0.6) is 0 Å². The summed E-state index contributed by atoms with van der Waals surface area (Å²) in [6.07, 6.45) is 3.79. The maximum Gasteiger partial charge on any atom is 0.494 e. The van der Waals surface area contributed by atoms with Crippen molar-refractivity contribution < 1.29 is 43.4 Å². The average molecular weight is 1120 g/mol. The molecule has 0 aliphatic carbocycles. The molecule has 67 heavy (non-hydrogen) atoms. The van der Waals surface area contributed by atoms with Crippen molar-refractivity contribution in [2.45, 2.75) is 136 Å². The minimum absolute atomic E-state index is 0.0495. The Bertz CT molecular complexity index is 2360. The zero-order valence-electron chi connectivity index (χ0n) is 40.3. The number of hydrogen-bond donors (Lipinski definition) is 2. The van der Waals surface area contributed by atoms with Crippen molar-refractivity contribution in [2.75, 3.05) is 18.5 Å². The molecule has 0 bridgehead atoms. The molecule has 14 nitrogen and oxygen atoms in total. The quantitative estimate of drug-likeness (QED) is 0.0791. The van der Waals surface area contributed by atoms with Gasteiger partial charge in [-0.05, 0) is 137 Å². The van der Waals surface area contributed by atoms with E-state index >= 15 is 0 Å². The Balaban J connectivity index is 0.000000303. The highest BCUT2D eigenvalue weighted by atomic mass is 79.9. The number of cyclic esters (lactones) is 1. The molecule has 4 heterocycles. The molecule has 2 aromatic carbocycles. The second-order valence-corrected chi connectivity index (χ2v) is 21.1. The van der Waals surface area contributed by atoms with Crippen molar-refractivity contribution in [2.24, 2.45) is 0 Å². The highest BCUT2D eigenvalue weighted by molar-refractivity contribution is 9.10. The van der Waals surface area contributed by atoms with Crippen molar-refractivity contribution in [3.63, 3.8) is 0 Å². The Hall–Kier alpha value is -3.91. The van der Waals surface area contributed by atoms with Gasteiger partial charge >= 0.3 is 19.2 Å². The number of Topliss-reactive ketones (excluding diaryl/α,β-unsaturated/α-hetero) is 1. The Morgan fingerprint density at radius 1 is 0.806 bits per heavy atom. The number of aromatic nitrogens is 2. The van der Waals surface area contributed by atoms with E-state index < -0.39 is 41.1 Å². The summed E-state index contributed by atoms with van der Waals surface area (Å²) in [5, 5.41) is 20.6. The van der Waals surface area contributed by atoms with Crippen LogP contribution in [0.1, 0.15) is 106 Å². The Morgan fingerprint density at radius 2 is 1.31 bits per heavy atom. The van der Waals surface area contributed by atoms with Gasteiger partial charge in [0.25, 0.3) is 11.1 Å². The van der Waals surface area contributed by atoms with Gasteiger partial charge in [-0.1, -0.05) is 70.5 Å². The van der Waals surface area contributed by atoms with Crippen LogP contribution in [0.4, 0.5) is 4.79 Å². The zero-order chi connectivity index (χ0) is 50.5. The number of alkyl halides is 1. The van der Waals surface area contributed by atoms with Crippen molar-refractivity contribution in [3.05, 3.63) is 132 Å². The molecule has 1 amide bonds. The summed E-state index contributed by atoms with van der Waals surface area (Å²) in [4.78, 5) is 58.4. The lowest BCUT2D eigenvalue weighted by molar-refractivity contribution is -0.143. The molecule has 2 aliphatic heterocycles. The molecule has 0 saturated carbocycles. The van der Waals surface area contributed by atoms with Crippen LogP contribution in [0.15, 0.2) is 110 Å². The van der Waals surface area contributed by atoms with Crippen LogP contribution in [-0.4, -0.2) is 90.1 Å². The minimum atomic E-state index is -0.979. The first-order valence-corrected chi connectivity index (χ1v) is 24.6. The largest absolute Gasteiger partial charge is 0.494 e. The standard InChI is InChI=1S/C28H38BNO5.C9H10BrNO3.C9H12BrNO2.C3H5BrO/c1-20(21-13-15-23(16-14-21)29-34-26(4,5)27(6,7)35-29)30-18-17-28(33-24(30)31,19-25(2,3)32)22-11-9-8-10-12-22;1-2-14-9(13)6-11-5-7(10)3-4-8(11)12;1-9(2,13)6-11-5-7(10)3-4-8(11)12;1-3(5)2-4/h8-16,20,32H,17-19H2,1-7H3;3-5H,2,6H2,1H3;3-5,13H,6H2,1-2H3;2H2,1H3/t20-,28-;;;/m0.../s1. The predicted molar refractivity (Wildman–Crippen MR) is 272 cm³/mol. The van der Waals surface area contributed by atoms with E-state index in [1.807, 2.05) is 89.2 Å². The lowest BCUT2D eigenvalue weighted by Crippen LogP contribution is -2.51. The molecule has 4 aromatic rings. The fourth-order valence-corrected chi connectivity index (χ4v) is 7.75. The minimum Gasteiger partial charge on any atom is -0.465 e. The van der Waals surface area contributed by atoms with Crippen LogP contribution in [0.25, 0.3) is 0 Å². The lowest BCUT2D eigenvalue weighted by atomic mass is 9.78. The topological polar surface area (TPSA) is 176 Å². The van der Waals surface area contributed by atoms with Crippen LogP contribution < -0.4 is 16.6 Å². The number of halogens is 3. The number of esters is 1. The molecular formula is C49H65BBr3N3O11. The number of ether oxygens (including phenoxy) is 2. The van der Waals surface area contributed by atoms with Crippen LogP contribution in [0.2, 0.25) is 0 Å². The third-order valence-corrected chi connectivity index (χ3v) is 12.7. The number of ketones is 1. The summed E-state index contributed by atoms with van der Waals surface area (Å²) in [7, 11) is -0.419. The first-order valence-electron chi connectivity index (χ1n) is 21.9. The highest BCUT2D eigenvalue weighted by Gasteiger charge is 2.52. The van der Waals surface area contributed by atoms with Crippen LogP contribution in [0, 0.1) is 0 Å². The monoisotopic (exact) mass is 1120 g/mol. The Morgan fingerprint density at radius 3 is 1.78 bits per heavy atom. The molecule has 2 aliphatic rings. The Labute approximate surface area is 419 Å². The van der Waals surface area contributed by atoms with Gasteiger partial charge in [-0.3, -0.25) is 19.2 Å². The van der Waals surface area contributed by atoms with Gasteiger partial charge in [0.15, 0.2) is 0 Å². The van der Waals surface area contributed by atoms with E-state index in [9.17, 15) is 34.2 Å². The molecule has 0 radical (unpaired) electrons. The van der Waals surface area contributed by atoms with Crippen molar-refractivity contribution >= 4 is 78.2 Å². The van der Waals surface area contributed by atoms with Crippen molar-refractivity contribution in [3.8, 4) is 0 Å². The van der Waals surface area contributed by atoms with Gasteiger partial charge in [0.2, 0.25) is 0 Å². The third kappa shape index (κ3) is 17.8. The molecule has 2 aromatic heterocycles. The molecule has 6 rings (SSSR count). The number of benzene rings is 2. The SMILES string of the molecule is CC(=O)CBr.CC(C)(O)Cn1cc(Br)ccc1=O.CCOC(=O)Cn1cc(Br)ccc1=O.C[C@@H](c1ccc(B2OC(C)(C)C(C)(C)O2)cc1)N1CC[C@](CC(C)(C)O)(c2ccccc2)OC1=O. The van der Waals surface area contributed by atoms with Gasteiger partial charge in [0.1, 0.15) is 17.9 Å². The summed E-state index contributed by atoms with van der Waals surface area (Å²) >= 11 is 9.44. The van der Waals surface area contributed by atoms with Gasteiger partial charge in [-0.25, -0.2) is 4.79 Å². The number of nitrogens with zero attached hydrogens (tertiary/aromatic N) is 3. The summed E-state index contributed by atoms with van der Waals surface area (Å²) < 4.78 is 27.5. The van der Waals surface area contributed by atoms with E-state index in [2.05, 4.69) is 47.8 Å². The molecule has 0 unspecified atom stereocenters. The second-order valence-electron chi connectivity index (χ2n) is 18.7. The molecule has 2 atom stereocenters. The van der Waals surface area contributed by atoms with Crippen molar-refractivity contribution in [1.29, 1.82) is 0 Å². The van der Waals surface area contributed by atoms with Gasteiger partial charge in [0.05, 0.1) is 46.9 Å². The Kier molecular flexibility index (Phi) is 21.1. The molecule has 0 spiro atoms. The van der Waals surface area contributed by atoms with Crippen LogP contribution in [0.3, 0.4) is 0 Å².